The summed E-state index contributed by atoms with van der Waals surface area (Å²) in [6.07, 6.45) is 4.04. The number of carbonyl (C=O) groups is 1. The molecule has 176 valence electrons. The Morgan fingerprint density at radius 1 is 0.912 bits per heavy atom. The van der Waals surface area contributed by atoms with Gasteiger partial charge in [0.25, 0.3) is 0 Å². The molecule has 5 rings (SSSR count). The Labute approximate surface area is 202 Å². The smallest absolute Gasteiger partial charge is 0.223 e. The van der Waals surface area contributed by atoms with E-state index in [9.17, 15) is 9.90 Å². The summed E-state index contributed by atoms with van der Waals surface area (Å²) in [7, 11) is 0. The maximum absolute atomic E-state index is 13.0. The molecule has 0 radical (unpaired) electrons. The first-order valence-electron chi connectivity index (χ1n) is 12.5. The van der Waals surface area contributed by atoms with Gasteiger partial charge in [0.15, 0.2) is 0 Å². The average Bonchev–Trinajstić information content (AvgIpc) is 3.59. The molecule has 1 saturated carbocycles. The average molecular weight is 455 g/mol. The number of piperidine rings is 1. The standard InChI is InChI=1S/C30H34N2O2/c33-28-14-8-7-13-25(28)22-32-19-16-30(17-20-32)21-27(30)29(34)31-18-15-26(23-9-3-1-4-10-23)24-11-5-2-6-12-24/h1-14,26-27,33H,15-22H2,(H,31,34). The number of amides is 1. The highest BCUT2D eigenvalue weighted by atomic mass is 16.3. The molecule has 1 aliphatic heterocycles. The topological polar surface area (TPSA) is 52.6 Å². The number of phenolic OH excluding ortho intramolecular Hbond substituents is 1. The summed E-state index contributed by atoms with van der Waals surface area (Å²) in [5.74, 6) is 1.05. The second kappa shape index (κ2) is 10.0. The number of aromatic hydroxyl groups is 1. The van der Waals surface area contributed by atoms with Gasteiger partial charge in [-0.2, -0.15) is 0 Å². The number of likely N-dealkylation sites (tertiary alicyclic amines) is 1. The SMILES string of the molecule is O=C(NCCC(c1ccccc1)c1ccccc1)C1CC12CCN(Cc1ccccc1O)CC2. The predicted molar refractivity (Wildman–Crippen MR) is 136 cm³/mol. The summed E-state index contributed by atoms with van der Waals surface area (Å²) in [5.41, 5.74) is 3.76. The van der Waals surface area contributed by atoms with Crippen LogP contribution in [0.4, 0.5) is 0 Å². The lowest BCUT2D eigenvalue weighted by atomic mass is 9.88. The Balaban J connectivity index is 1.12. The van der Waals surface area contributed by atoms with E-state index in [0.29, 0.717) is 12.3 Å². The van der Waals surface area contributed by atoms with Gasteiger partial charge in [-0.3, -0.25) is 9.69 Å². The van der Waals surface area contributed by atoms with Crippen LogP contribution in [0.2, 0.25) is 0 Å². The van der Waals surface area contributed by atoms with Crippen molar-refractivity contribution in [1.29, 1.82) is 0 Å². The molecule has 0 bridgehead atoms. The van der Waals surface area contributed by atoms with Crippen LogP contribution >= 0.6 is 0 Å². The van der Waals surface area contributed by atoms with Crippen LogP contribution in [0.25, 0.3) is 0 Å². The molecule has 1 spiro atoms. The van der Waals surface area contributed by atoms with Gasteiger partial charge < -0.3 is 10.4 Å². The van der Waals surface area contributed by atoms with Crippen molar-refractivity contribution >= 4 is 5.91 Å². The highest BCUT2D eigenvalue weighted by Gasteiger charge is 2.58. The molecule has 1 heterocycles. The summed E-state index contributed by atoms with van der Waals surface area (Å²) in [6, 6.07) is 28.7. The second-order valence-corrected chi connectivity index (χ2v) is 9.98. The van der Waals surface area contributed by atoms with E-state index in [1.165, 1.54) is 11.1 Å². The number of carbonyl (C=O) groups excluding carboxylic acids is 1. The van der Waals surface area contributed by atoms with Crippen molar-refractivity contribution < 1.29 is 9.90 Å². The number of hydrogen-bond donors (Lipinski definition) is 2. The Bertz CT molecular complexity index is 1050. The maximum Gasteiger partial charge on any atom is 0.223 e. The largest absolute Gasteiger partial charge is 0.508 e. The number of rotatable bonds is 8. The van der Waals surface area contributed by atoms with E-state index in [-0.39, 0.29) is 23.2 Å². The molecule has 1 unspecified atom stereocenters. The van der Waals surface area contributed by atoms with Crippen LogP contribution in [-0.2, 0) is 11.3 Å². The van der Waals surface area contributed by atoms with Crippen molar-refractivity contribution in [3.63, 3.8) is 0 Å². The summed E-state index contributed by atoms with van der Waals surface area (Å²) in [5, 5.41) is 13.3. The van der Waals surface area contributed by atoms with Crippen LogP contribution < -0.4 is 5.32 Å². The van der Waals surface area contributed by atoms with Gasteiger partial charge in [-0.15, -0.1) is 0 Å². The summed E-state index contributed by atoms with van der Waals surface area (Å²) in [6.45, 7) is 3.45. The van der Waals surface area contributed by atoms with E-state index < -0.39 is 0 Å². The van der Waals surface area contributed by atoms with Crippen LogP contribution in [0.15, 0.2) is 84.9 Å². The number of phenols is 1. The van der Waals surface area contributed by atoms with E-state index in [2.05, 4.69) is 58.7 Å². The Morgan fingerprint density at radius 3 is 2.12 bits per heavy atom. The fraction of sp³-hybridized carbons (Fsp3) is 0.367. The molecule has 2 N–H and O–H groups in total. The van der Waals surface area contributed by atoms with Gasteiger partial charge in [0.1, 0.15) is 5.75 Å². The molecule has 1 atom stereocenters. The molecular formula is C30H34N2O2. The lowest BCUT2D eigenvalue weighted by Crippen LogP contribution is -2.37. The van der Waals surface area contributed by atoms with Crippen LogP contribution in [0, 0.1) is 11.3 Å². The van der Waals surface area contributed by atoms with E-state index in [0.717, 1.165) is 50.9 Å². The quantitative estimate of drug-likeness (QED) is 0.484. The number of para-hydroxylation sites is 1. The number of nitrogens with zero attached hydrogens (tertiary/aromatic N) is 1. The monoisotopic (exact) mass is 454 g/mol. The Morgan fingerprint density at radius 2 is 1.50 bits per heavy atom. The molecule has 1 saturated heterocycles. The highest BCUT2D eigenvalue weighted by Crippen LogP contribution is 2.59. The number of hydrogen-bond acceptors (Lipinski definition) is 3. The van der Waals surface area contributed by atoms with Gasteiger partial charge in [0.2, 0.25) is 5.91 Å². The first-order chi connectivity index (χ1) is 16.6. The van der Waals surface area contributed by atoms with Crippen molar-refractivity contribution in [3.05, 3.63) is 102 Å². The first kappa shape index (κ1) is 22.7. The lowest BCUT2D eigenvalue weighted by molar-refractivity contribution is -0.123. The minimum Gasteiger partial charge on any atom is -0.508 e. The molecule has 34 heavy (non-hydrogen) atoms. The van der Waals surface area contributed by atoms with E-state index in [1.807, 2.05) is 30.3 Å². The van der Waals surface area contributed by atoms with E-state index >= 15 is 0 Å². The van der Waals surface area contributed by atoms with Gasteiger partial charge in [-0.1, -0.05) is 78.9 Å². The van der Waals surface area contributed by atoms with Gasteiger partial charge in [-0.25, -0.2) is 0 Å². The van der Waals surface area contributed by atoms with Crippen molar-refractivity contribution in [3.8, 4) is 5.75 Å². The summed E-state index contributed by atoms with van der Waals surface area (Å²) in [4.78, 5) is 15.4. The fourth-order valence-electron chi connectivity index (χ4n) is 5.67. The number of benzene rings is 3. The molecule has 1 amide bonds. The van der Waals surface area contributed by atoms with Crippen molar-refractivity contribution in [2.24, 2.45) is 11.3 Å². The predicted octanol–water partition coefficient (Wildman–Crippen LogP) is 5.33. The van der Waals surface area contributed by atoms with Gasteiger partial charge in [0, 0.05) is 30.5 Å². The zero-order valence-electron chi connectivity index (χ0n) is 19.7. The zero-order valence-corrected chi connectivity index (χ0v) is 19.7. The van der Waals surface area contributed by atoms with Gasteiger partial charge in [0.05, 0.1) is 0 Å². The van der Waals surface area contributed by atoms with Crippen LogP contribution in [0.3, 0.4) is 0 Å². The molecule has 0 aromatic heterocycles. The molecule has 4 nitrogen and oxygen atoms in total. The van der Waals surface area contributed by atoms with Crippen molar-refractivity contribution in [2.45, 2.75) is 38.1 Å². The first-order valence-corrected chi connectivity index (χ1v) is 12.5. The number of nitrogens with one attached hydrogen (secondary N) is 1. The highest BCUT2D eigenvalue weighted by molar-refractivity contribution is 5.82. The van der Waals surface area contributed by atoms with Crippen molar-refractivity contribution in [1.82, 2.24) is 10.2 Å². The normalized spacial score (nSPS) is 19.3. The van der Waals surface area contributed by atoms with Crippen LogP contribution in [0.1, 0.15) is 48.3 Å². The lowest BCUT2D eigenvalue weighted by Gasteiger charge is -2.33. The third-order valence-corrected chi connectivity index (χ3v) is 7.88. The maximum atomic E-state index is 13.0. The third kappa shape index (κ3) is 5.02. The summed E-state index contributed by atoms with van der Waals surface area (Å²) >= 11 is 0. The van der Waals surface area contributed by atoms with Crippen LogP contribution in [-0.4, -0.2) is 35.5 Å². The molecular weight excluding hydrogens is 420 g/mol. The van der Waals surface area contributed by atoms with E-state index in [1.54, 1.807) is 6.07 Å². The molecule has 4 heteroatoms. The molecule has 2 aliphatic rings. The molecule has 3 aromatic rings. The molecule has 2 fully saturated rings. The molecule has 3 aromatic carbocycles. The molecule has 1 aliphatic carbocycles. The third-order valence-electron chi connectivity index (χ3n) is 7.88. The summed E-state index contributed by atoms with van der Waals surface area (Å²) < 4.78 is 0. The Hall–Kier alpha value is -3.11. The van der Waals surface area contributed by atoms with E-state index in [4.69, 9.17) is 0 Å². The minimum atomic E-state index is 0.159. The second-order valence-electron chi connectivity index (χ2n) is 9.98. The van der Waals surface area contributed by atoms with Crippen LogP contribution in [0.5, 0.6) is 5.75 Å². The zero-order chi connectivity index (χ0) is 23.4. The van der Waals surface area contributed by atoms with Gasteiger partial charge >= 0.3 is 0 Å². The fourth-order valence-corrected chi connectivity index (χ4v) is 5.67. The van der Waals surface area contributed by atoms with Crippen molar-refractivity contribution in [2.75, 3.05) is 19.6 Å². The Kier molecular flexibility index (Phi) is 6.68. The minimum absolute atomic E-state index is 0.159. The van der Waals surface area contributed by atoms with Gasteiger partial charge in [-0.05, 0) is 61.4 Å².